The van der Waals surface area contributed by atoms with Crippen molar-refractivity contribution in [1.82, 2.24) is 15.0 Å². The third kappa shape index (κ3) is 2.44. The second-order valence-electron chi connectivity index (χ2n) is 5.32. The molecule has 0 spiro atoms. The van der Waals surface area contributed by atoms with Crippen molar-refractivity contribution < 1.29 is 17.9 Å². The Balaban J connectivity index is 1.94. The molecule has 1 aliphatic heterocycles. The summed E-state index contributed by atoms with van der Waals surface area (Å²) >= 11 is 0. The van der Waals surface area contributed by atoms with E-state index in [2.05, 4.69) is 10.3 Å². The van der Waals surface area contributed by atoms with Gasteiger partial charge in [0.05, 0.1) is 29.8 Å². The van der Waals surface area contributed by atoms with Gasteiger partial charge in [-0.25, -0.2) is 17.9 Å². The van der Waals surface area contributed by atoms with Gasteiger partial charge in [-0.15, -0.1) is 5.10 Å². The minimum absolute atomic E-state index is 0.0817. The maximum absolute atomic E-state index is 11.9. The molecule has 2 aliphatic rings. The zero-order valence-electron chi connectivity index (χ0n) is 11.3. The van der Waals surface area contributed by atoms with E-state index in [1.54, 1.807) is 11.6 Å². The van der Waals surface area contributed by atoms with Gasteiger partial charge in [0.15, 0.2) is 15.5 Å². The zero-order chi connectivity index (χ0) is 14.3. The fourth-order valence-corrected chi connectivity index (χ4v) is 4.31. The molecule has 1 saturated heterocycles. The van der Waals surface area contributed by atoms with Crippen molar-refractivity contribution in [3.8, 4) is 0 Å². The van der Waals surface area contributed by atoms with E-state index in [-0.39, 0.29) is 35.8 Å². The van der Waals surface area contributed by atoms with Gasteiger partial charge in [0.25, 0.3) is 0 Å². The summed E-state index contributed by atoms with van der Waals surface area (Å²) in [4.78, 5) is 11.9. The SMILES string of the molecule is CCOC(=O)c1nnn(C2CCS(=O)(=O)C2)c1C1CC1. The van der Waals surface area contributed by atoms with Gasteiger partial charge < -0.3 is 4.74 Å². The Morgan fingerprint density at radius 3 is 2.70 bits per heavy atom. The standard InChI is InChI=1S/C12H17N3O4S/c1-2-19-12(16)10-11(8-3-4-8)15(14-13-10)9-5-6-20(17,18)7-9/h8-9H,2-7H2,1H3. The third-order valence-corrected chi connectivity index (χ3v) is 5.47. The average molecular weight is 299 g/mol. The van der Waals surface area contributed by atoms with Crippen LogP contribution in [0, 0.1) is 0 Å². The summed E-state index contributed by atoms with van der Waals surface area (Å²) in [6, 6.07) is -0.203. The number of hydrogen-bond donors (Lipinski definition) is 0. The summed E-state index contributed by atoms with van der Waals surface area (Å²) in [5.74, 6) is 0.0450. The van der Waals surface area contributed by atoms with Gasteiger partial charge in [-0.05, 0) is 26.2 Å². The highest BCUT2D eigenvalue weighted by Crippen LogP contribution is 2.43. The summed E-state index contributed by atoms with van der Waals surface area (Å²) in [6.45, 7) is 2.02. The largest absolute Gasteiger partial charge is 0.461 e. The van der Waals surface area contributed by atoms with Crippen LogP contribution in [-0.4, -0.2) is 47.5 Å². The van der Waals surface area contributed by atoms with Crippen molar-refractivity contribution in [3.05, 3.63) is 11.4 Å². The third-order valence-electron chi connectivity index (χ3n) is 3.72. The molecule has 1 saturated carbocycles. The van der Waals surface area contributed by atoms with Crippen LogP contribution in [-0.2, 0) is 14.6 Å². The van der Waals surface area contributed by atoms with E-state index in [9.17, 15) is 13.2 Å². The molecule has 110 valence electrons. The molecule has 7 nitrogen and oxygen atoms in total. The minimum Gasteiger partial charge on any atom is -0.461 e. The monoisotopic (exact) mass is 299 g/mol. The lowest BCUT2D eigenvalue weighted by Gasteiger charge is -2.12. The van der Waals surface area contributed by atoms with E-state index in [1.807, 2.05) is 0 Å². The zero-order valence-corrected chi connectivity index (χ0v) is 12.1. The van der Waals surface area contributed by atoms with Crippen LogP contribution >= 0.6 is 0 Å². The van der Waals surface area contributed by atoms with Crippen molar-refractivity contribution in [2.45, 2.75) is 38.1 Å². The molecule has 0 N–H and O–H groups in total. The molecular formula is C12H17N3O4S. The lowest BCUT2D eigenvalue weighted by molar-refractivity contribution is 0.0518. The topological polar surface area (TPSA) is 91.2 Å². The fraction of sp³-hybridized carbons (Fsp3) is 0.750. The number of esters is 1. The first-order chi connectivity index (χ1) is 9.52. The molecule has 1 aliphatic carbocycles. The Kier molecular flexibility index (Phi) is 3.27. The Bertz CT molecular complexity index is 633. The van der Waals surface area contributed by atoms with Crippen LogP contribution in [0.4, 0.5) is 0 Å². The summed E-state index contributed by atoms with van der Waals surface area (Å²) in [6.07, 6.45) is 2.51. The molecule has 3 rings (SSSR count). The molecule has 1 unspecified atom stereocenters. The first kappa shape index (κ1) is 13.5. The highest BCUT2D eigenvalue weighted by atomic mass is 32.2. The summed E-state index contributed by atoms with van der Waals surface area (Å²) < 4.78 is 29.8. The average Bonchev–Trinajstić information content (AvgIpc) is 3.02. The van der Waals surface area contributed by atoms with E-state index in [0.717, 1.165) is 18.5 Å². The number of rotatable bonds is 4. The highest BCUT2D eigenvalue weighted by Gasteiger charge is 2.39. The van der Waals surface area contributed by atoms with E-state index in [4.69, 9.17) is 4.74 Å². The van der Waals surface area contributed by atoms with E-state index >= 15 is 0 Å². The molecule has 0 amide bonds. The smallest absolute Gasteiger partial charge is 0.360 e. The fourth-order valence-electron chi connectivity index (χ4n) is 2.62. The molecule has 8 heteroatoms. The van der Waals surface area contributed by atoms with Crippen LogP contribution in [0.15, 0.2) is 0 Å². The summed E-state index contributed by atoms with van der Waals surface area (Å²) in [5.41, 5.74) is 1.00. The Morgan fingerprint density at radius 1 is 1.40 bits per heavy atom. The first-order valence-corrected chi connectivity index (χ1v) is 8.66. The molecule has 1 aromatic rings. The molecule has 0 bridgehead atoms. The number of hydrogen-bond acceptors (Lipinski definition) is 6. The van der Waals surface area contributed by atoms with Crippen LogP contribution in [0.5, 0.6) is 0 Å². The molecule has 1 aromatic heterocycles. The molecule has 2 heterocycles. The van der Waals surface area contributed by atoms with Crippen LogP contribution in [0.2, 0.25) is 0 Å². The van der Waals surface area contributed by atoms with E-state index in [1.165, 1.54) is 0 Å². The van der Waals surface area contributed by atoms with Gasteiger partial charge in [0.1, 0.15) is 0 Å². The number of carbonyl (C=O) groups excluding carboxylic acids is 1. The highest BCUT2D eigenvalue weighted by molar-refractivity contribution is 7.91. The van der Waals surface area contributed by atoms with Crippen molar-refractivity contribution >= 4 is 15.8 Å². The minimum atomic E-state index is -2.99. The van der Waals surface area contributed by atoms with Crippen LogP contribution in [0.3, 0.4) is 0 Å². The Labute approximate surface area is 117 Å². The first-order valence-electron chi connectivity index (χ1n) is 6.84. The molecular weight excluding hydrogens is 282 g/mol. The van der Waals surface area contributed by atoms with E-state index in [0.29, 0.717) is 6.42 Å². The van der Waals surface area contributed by atoms with Gasteiger partial charge >= 0.3 is 5.97 Å². The summed E-state index contributed by atoms with van der Waals surface area (Å²) in [7, 11) is -2.99. The number of sulfone groups is 1. The quantitative estimate of drug-likeness (QED) is 0.760. The molecule has 0 radical (unpaired) electrons. The lowest BCUT2D eigenvalue weighted by Crippen LogP contribution is -2.16. The predicted octanol–water partition coefficient (Wildman–Crippen LogP) is 0.692. The maximum atomic E-state index is 11.9. The molecule has 20 heavy (non-hydrogen) atoms. The number of nitrogens with zero attached hydrogens (tertiary/aromatic N) is 3. The van der Waals surface area contributed by atoms with Crippen molar-refractivity contribution in [2.24, 2.45) is 0 Å². The van der Waals surface area contributed by atoms with Gasteiger partial charge in [-0.2, -0.15) is 0 Å². The lowest BCUT2D eigenvalue weighted by atomic mass is 10.2. The second-order valence-corrected chi connectivity index (χ2v) is 7.55. The molecule has 0 aromatic carbocycles. The normalized spacial score (nSPS) is 24.8. The van der Waals surface area contributed by atoms with Gasteiger partial charge in [0, 0.05) is 5.92 Å². The van der Waals surface area contributed by atoms with Crippen LogP contribution in [0.1, 0.15) is 54.3 Å². The number of ether oxygens (including phenoxy) is 1. The second kappa shape index (κ2) is 4.83. The van der Waals surface area contributed by atoms with Crippen molar-refractivity contribution in [3.63, 3.8) is 0 Å². The predicted molar refractivity (Wildman–Crippen MR) is 70.3 cm³/mol. The van der Waals surface area contributed by atoms with Gasteiger partial charge in [-0.1, -0.05) is 5.21 Å². The number of aromatic nitrogens is 3. The van der Waals surface area contributed by atoms with Gasteiger partial charge in [-0.3, -0.25) is 0 Å². The maximum Gasteiger partial charge on any atom is 0.360 e. The number of carbonyl (C=O) groups is 1. The van der Waals surface area contributed by atoms with E-state index < -0.39 is 15.8 Å². The molecule has 2 fully saturated rings. The Morgan fingerprint density at radius 2 is 2.15 bits per heavy atom. The molecule has 1 atom stereocenters. The van der Waals surface area contributed by atoms with Crippen LogP contribution in [0.25, 0.3) is 0 Å². The Hall–Kier alpha value is -1.44. The van der Waals surface area contributed by atoms with Crippen molar-refractivity contribution in [2.75, 3.05) is 18.1 Å². The van der Waals surface area contributed by atoms with Crippen molar-refractivity contribution in [1.29, 1.82) is 0 Å². The van der Waals surface area contributed by atoms with Gasteiger partial charge in [0.2, 0.25) is 0 Å². The summed E-state index contributed by atoms with van der Waals surface area (Å²) in [5, 5.41) is 7.96. The van der Waals surface area contributed by atoms with Crippen LogP contribution < -0.4 is 0 Å².